The summed E-state index contributed by atoms with van der Waals surface area (Å²) in [5, 5.41) is 20.1. The highest BCUT2D eigenvalue weighted by molar-refractivity contribution is 6.17. The van der Waals surface area contributed by atoms with Crippen LogP contribution in [0, 0.1) is 6.92 Å². The van der Waals surface area contributed by atoms with E-state index >= 15 is 0 Å². The number of aliphatic hydroxyl groups is 1. The number of aryl methyl sites for hydroxylation is 2. The fraction of sp³-hybridized carbons (Fsp3) is 0.294. The van der Waals surface area contributed by atoms with Crippen LogP contribution in [-0.2, 0) is 16.0 Å². The fourth-order valence-electron chi connectivity index (χ4n) is 2.58. The molecule has 8 nitrogen and oxygen atoms in total. The summed E-state index contributed by atoms with van der Waals surface area (Å²) in [7, 11) is 0. The molecule has 0 spiro atoms. The highest BCUT2D eigenvalue weighted by atomic mass is 16.3. The summed E-state index contributed by atoms with van der Waals surface area (Å²) in [4.78, 5) is 25.0. The lowest BCUT2D eigenvalue weighted by atomic mass is 10.1. The molecule has 0 fully saturated rings. The third kappa shape index (κ3) is 3.29. The van der Waals surface area contributed by atoms with Gasteiger partial charge in [0.25, 0.3) is 11.8 Å². The van der Waals surface area contributed by atoms with Gasteiger partial charge in [0.15, 0.2) is 0 Å². The lowest BCUT2D eigenvalue weighted by Gasteiger charge is -2.14. The number of nitrogens with one attached hydrogen (secondary N) is 1. The Bertz CT molecular complexity index is 856. The van der Waals surface area contributed by atoms with Crippen LogP contribution < -0.4 is 5.32 Å². The summed E-state index contributed by atoms with van der Waals surface area (Å²) in [5.74, 6) is -0.882. The molecule has 25 heavy (non-hydrogen) atoms. The van der Waals surface area contributed by atoms with Crippen LogP contribution in [0.25, 0.3) is 5.69 Å². The van der Waals surface area contributed by atoms with Crippen molar-refractivity contribution in [3.63, 3.8) is 0 Å². The Hall–Kier alpha value is -3.00. The number of aliphatic hydroxyl groups excluding tert-OH is 1. The van der Waals surface area contributed by atoms with Crippen LogP contribution in [0.4, 0.5) is 5.69 Å². The molecule has 130 valence electrons. The maximum Gasteiger partial charge on any atom is 0.277 e. The molecule has 1 aromatic carbocycles. The van der Waals surface area contributed by atoms with E-state index in [2.05, 4.69) is 15.6 Å². The molecule has 1 aromatic heterocycles. The highest BCUT2D eigenvalue weighted by Crippen LogP contribution is 2.22. The van der Waals surface area contributed by atoms with Crippen molar-refractivity contribution < 1.29 is 14.7 Å². The van der Waals surface area contributed by atoms with Crippen molar-refractivity contribution in [3.8, 4) is 5.69 Å². The molecular weight excluding hydrogens is 322 g/mol. The van der Waals surface area contributed by atoms with E-state index in [1.54, 1.807) is 4.68 Å². The summed E-state index contributed by atoms with van der Waals surface area (Å²) in [6.07, 6.45) is 3.89. The molecule has 1 aliphatic rings. The average Bonchev–Trinajstić information content (AvgIpc) is 3.17. The fourth-order valence-corrected chi connectivity index (χ4v) is 2.58. The maximum atomic E-state index is 12.2. The summed E-state index contributed by atoms with van der Waals surface area (Å²) < 4.78 is 1.69. The molecule has 2 heterocycles. The number of carbonyl (C=O) groups excluding carboxylic acids is 2. The summed E-state index contributed by atoms with van der Waals surface area (Å²) in [6.45, 7) is 3.68. The molecule has 1 aliphatic heterocycles. The second kappa shape index (κ2) is 6.86. The van der Waals surface area contributed by atoms with Gasteiger partial charge in [-0.1, -0.05) is 18.2 Å². The quantitative estimate of drug-likeness (QED) is 0.754. The van der Waals surface area contributed by atoms with Crippen LogP contribution in [0.1, 0.15) is 18.2 Å². The number of hydrogen-bond donors (Lipinski definition) is 2. The number of aromatic nitrogens is 3. The molecule has 0 saturated carbocycles. The maximum absolute atomic E-state index is 12.2. The van der Waals surface area contributed by atoms with Crippen molar-refractivity contribution in [1.29, 1.82) is 0 Å². The van der Waals surface area contributed by atoms with E-state index in [0.29, 0.717) is 5.69 Å². The van der Waals surface area contributed by atoms with Gasteiger partial charge in [0.2, 0.25) is 0 Å². The minimum Gasteiger partial charge on any atom is -0.395 e. The Morgan fingerprint density at radius 1 is 1.28 bits per heavy atom. The normalized spacial score (nSPS) is 14.2. The third-order valence-electron chi connectivity index (χ3n) is 3.97. The summed E-state index contributed by atoms with van der Waals surface area (Å²) >= 11 is 0. The van der Waals surface area contributed by atoms with E-state index < -0.39 is 11.8 Å². The first-order valence-corrected chi connectivity index (χ1v) is 8.01. The van der Waals surface area contributed by atoms with Gasteiger partial charge in [0.05, 0.1) is 30.7 Å². The van der Waals surface area contributed by atoms with Crippen molar-refractivity contribution in [3.05, 3.63) is 47.4 Å². The molecule has 0 saturated heterocycles. The average molecular weight is 341 g/mol. The molecule has 0 bridgehead atoms. The molecule has 0 atom stereocenters. The minimum atomic E-state index is -0.449. The van der Waals surface area contributed by atoms with Crippen molar-refractivity contribution in [2.45, 2.75) is 20.3 Å². The zero-order chi connectivity index (χ0) is 18.0. The van der Waals surface area contributed by atoms with Gasteiger partial charge in [0.1, 0.15) is 5.70 Å². The molecular formula is C17H19N5O3. The number of anilines is 1. The summed E-state index contributed by atoms with van der Waals surface area (Å²) in [5.41, 5.74) is 3.56. The minimum absolute atomic E-state index is 0.0166. The number of hydrogen-bond acceptors (Lipinski definition) is 6. The lowest BCUT2D eigenvalue weighted by molar-refractivity contribution is -0.137. The zero-order valence-electron chi connectivity index (χ0n) is 14.1. The number of benzene rings is 1. The van der Waals surface area contributed by atoms with Crippen molar-refractivity contribution in [1.82, 2.24) is 19.9 Å². The van der Waals surface area contributed by atoms with Gasteiger partial charge in [-0.25, -0.2) is 4.68 Å². The number of nitrogens with zero attached hydrogens (tertiary/aromatic N) is 4. The van der Waals surface area contributed by atoms with E-state index in [0.717, 1.165) is 28.3 Å². The van der Waals surface area contributed by atoms with Gasteiger partial charge in [-0.15, -0.1) is 5.10 Å². The first-order chi connectivity index (χ1) is 12.0. The Balaban J connectivity index is 1.85. The second-order valence-electron chi connectivity index (χ2n) is 5.71. The molecule has 2 amide bonds. The molecule has 0 aliphatic carbocycles. The first kappa shape index (κ1) is 16.8. The smallest absolute Gasteiger partial charge is 0.277 e. The Labute approximate surface area is 144 Å². The van der Waals surface area contributed by atoms with E-state index in [1.807, 2.05) is 38.2 Å². The number of rotatable bonds is 6. The Kier molecular flexibility index (Phi) is 4.62. The number of β-amino-alcohol motifs (C(OH)–C–C–N with tert-alkyl or cyclic N) is 1. The van der Waals surface area contributed by atoms with Crippen LogP contribution in [0.15, 0.2) is 36.2 Å². The van der Waals surface area contributed by atoms with Crippen molar-refractivity contribution >= 4 is 17.5 Å². The predicted octanol–water partition coefficient (Wildman–Crippen LogP) is 0.795. The van der Waals surface area contributed by atoms with Gasteiger partial charge in [-0.05, 0) is 31.0 Å². The van der Waals surface area contributed by atoms with Gasteiger partial charge >= 0.3 is 0 Å². The Morgan fingerprint density at radius 3 is 2.76 bits per heavy atom. The number of amides is 2. The largest absolute Gasteiger partial charge is 0.395 e. The summed E-state index contributed by atoms with van der Waals surface area (Å²) in [6, 6.07) is 5.57. The molecule has 0 radical (unpaired) electrons. The Morgan fingerprint density at radius 2 is 2.08 bits per heavy atom. The standard InChI is InChI=1S/C17H19N5O3/c1-3-12-10-22(20-19-12)15-8-13(5-4-11(15)2)18-14-9-16(24)21(6-7-23)17(14)25/h4-5,8-10,18,23H,3,6-7H2,1-2H3. The molecule has 2 N–H and O–H groups in total. The highest BCUT2D eigenvalue weighted by Gasteiger charge is 2.30. The molecule has 3 rings (SSSR count). The zero-order valence-corrected chi connectivity index (χ0v) is 14.1. The van der Waals surface area contributed by atoms with E-state index in [4.69, 9.17) is 5.11 Å². The topological polar surface area (TPSA) is 100 Å². The van der Waals surface area contributed by atoms with Crippen LogP contribution in [0.3, 0.4) is 0 Å². The molecule has 8 heteroatoms. The van der Waals surface area contributed by atoms with Gasteiger partial charge in [-0.2, -0.15) is 0 Å². The van der Waals surface area contributed by atoms with Gasteiger partial charge in [-0.3, -0.25) is 14.5 Å². The van der Waals surface area contributed by atoms with Gasteiger partial charge in [0, 0.05) is 11.8 Å². The molecule has 0 unspecified atom stereocenters. The lowest BCUT2D eigenvalue weighted by Crippen LogP contribution is -2.34. The van der Waals surface area contributed by atoms with Gasteiger partial charge < -0.3 is 10.4 Å². The number of imide groups is 1. The molecule has 2 aromatic rings. The van der Waals surface area contributed by atoms with Crippen LogP contribution in [-0.4, -0.2) is 50.0 Å². The van der Waals surface area contributed by atoms with Crippen molar-refractivity contribution in [2.24, 2.45) is 0 Å². The SMILES string of the molecule is CCc1cn(-c2cc(NC3=CC(=O)N(CCO)C3=O)ccc2C)nn1. The van der Waals surface area contributed by atoms with E-state index in [1.165, 1.54) is 6.08 Å². The third-order valence-corrected chi connectivity index (χ3v) is 3.97. The van der Waals surface area contributed by atoms with Crippen molar-refractivity contribution in [2.75, 3.05) is 18.5 Å². The monoisotopic (exact) mass is 341 g/mol. The van der Waals surface area contributed by atoms with Crippen LogP contribution in [0.2, 0.25) is 0 Å². The second-order valence-corrected chi connectivity index (χ2v) is 5.71. The van der Waals surface area contributed by atoms with E-state index in [9.17, 15) is 9.59 Å². The van der Waals surface area contributed by atoms with E-state index in [-0.39, 0.29) is 18.8 Å². The predicted molar refractivity (Wildman–Crippen MR) is 91.0 cm³/mol. The first-order valence-electron chi connectivity index (χ1n) is 8.01. The van der Waals surface area contributed by atoms with Crippen LogP contribution in [0.5, 0.6) is 0 Å². The number of carbonyl (C=O) groups is 2. The van der Waals surface area contributed by atoms with Crippen LogP contribution >= 0.6 is 0 Å².